The van der Waals surface area contributed by atoms with Crippen molar-refractivity contribution in [3.8, 4) is 0 Å². The number of nitrogens with zero attached hydrogens (tertiary/aromatic N) is 6. The molecule has 4 aliphatic heterocycles. The number of nitrogens with one attached hydrogen (secondary N) is 1. The van der Waals surface area contributed by atoms with E-state index < -0.39 is 46.9 Å². The van der Waals surface area contributed by atoms with Crippen LogP contribution in [-0.2, 0) is 20.5 Å². The zero-order valence-electron chi connectivity index (χ0n) is 29.5. The molecule has 0 saturated carbocycles. The second-order valence-corrected chi connectivity index (χ2v) is 15.2. The van der Waals surface area contributed by atoms with Gasteiger partial charge in [0.05, 0.1) is 22.5 Å². The van der Waals surface area contributed by atoms with Crippen molar-refractivity contribution in [2.75, 3.05) is 61.0 Å². The third kappa shape index (κ3) is 6.61. The van der Waals surface area contributed by atoms with Gasteiger partial charge in [-0.05, 0) is 65.8 Å². The molecule has 1 unspecified atom stereocenters. The van der Waals surface area contributed by atoms with Crippen molar-refractivity contribution < 1.29 is 36.7 Å². The third-order valence-corrected chi connectivity index (χ3v) is 10.3. The zero-order valence-corrected chi connectivity index (χ0v) is 29.5. The first-order chi connectivity index (χ1) is 23.3. The number of alkyl halides is 3. The number of aromatic nitrogens is 1. The summed E-state index contributed by atoms with van der Waals surface area (Å²) in [6, 6.07) is 5.12. The summed E-state index contributed by atoms with van der Waals surface area (Å²) in [4.78, 5) is 52.9. The molecule has 272 valence electrons. The van der Waals surface area contributed by atoms with Crippen molar-refractivity contribution in [3.05, 3.63) is 47.4 Å². The number of fused-ring (bicyclic) bond motifs is 2. The summed E-state index contributed by atoms with van der Waals surface area (Å²) in [6.45, 7) is 13.7. The molecule has 3 saturated heterocycles. The number of hydrogen-bond acceptors (Lipinski definition) is 8. The fourth-order valence-corrected chi connectivity index (χ4v) is 7.96. The molecule has 6 rings (SSSR count). The average molecular weight is 704 g/mol. The highest BCUT2D eigenvalue weighted by Gasteiger charge is 2.55. The first kappa shape index (κ1) is 35.8. The number of hydrogen-bond donors (Lipinski definition) is 1. The van der Waals surface area contributed by atoms with E-state index in [-0.39, 0.29) is 53.9 Å². The predicted molar refractivity (Wildman–Crippen MR) is 180 cm³/mol. The van der Waals surface area contributed by atoms with E-state index in [4.69, 9.17) is 4.74 Å². The topological polar surface area (TPSA) is 102 Å². The summed E-state index contributed by atoms with van der Waals surface area (Å²) in [5, 5.41) is 3.69. The molecule has 2 aromatic rings. The van der Waals surface area contributed by atoms with E-state index in [0.29, 0.717) is 38.4 Å². The number of carbonyl (C=O) groups excluding carboxylic acids is 3. The van der Waals surface area contributed by atoms with Gasteiger partial charge in [-0.25, -0.2) is 14.2 Å². The molecule has 3 amide bonds. The van der Waals surface area contributed by atoms with Gasteiger partial charge in [0.2, 0.25) is 11.8 Å². The first-order valence-corrected chi connectivity index (χ1v) is 17.0. The molecular formula is C35H45F4N7O4. The van der Waals surface area contributed by atoms with Crippen LogP contribution in [0.25, 0.3) is 0 Å². The summed E-state index contributed by atoms with van der Waals surface area (Å²) >= 11 is 0. The van der Waals surface area contributed by atoms with Gasteiger partial charge >= 0.3 is 12.3 Å². The Kier molecular flexibility index (Phi) is 9.07. The van der Waals surface area contributed by atoms with Crippen molar-refractivity contribution >= 4 is 35.1 Å². The smallest absolute Gasteiger partial charge is 0.416 e. The second-order valence-electron chi connectivity index (χ2n) is 15.2. The number of rotatable bonds is 4. The van der Waals surface area contributed by atoms with Gasteiger partial charge in [-0.15, -0.1) is 0 Å². The first-order valence-electron chi connectivity index (χ1n) is 17.0. The minimum atomic E-state index is -4.68. The van der Waals surface area contributed by atoms with Gasteiger partial charge in [0.25, 0.3) is 0 Å². The van der Waals surface area contributed by atoms with Gasteiger partial charge in [0.1, 0.15) is 23.3 Å². The lowest BCUT2D eigenvalue weighted by atomic mass is 9.79. The van der Waals surface area contributed by atoms with Crippen molar-refractivity contribution in [2.45, 2.75) is 83.4 Å². The van der Waals surface area contributed by atoms with Crippen LogP contribution in [0, 0.1) is 18.7 Å². The highest BCUT2D eigenvalue weighted by atomic mass is 19.4. The lowest BCUT2D eigenvalue weighted by molar-refractivity contribution is -0.137. The summed E-state index contributed by atoms with van der Waals surface area (Å²) in [5.41, 5.74) is -1.35. The Morgan fingerprint density at radius 1 is 1.08 bits per heavy atom. The number of ether oxygens (including phenoxy) is 1. The Hall–Kier alpha value is -3.98. The van der Waals surface area contributed by atoms with E-state index in [9.17, 15) is 27.6 Å². The molecule has 11 nitrogen and oxygen atoms in total. The quantitative estimate of drug-likeness (QED) is 0.468. The summed E-state index contributed by atoms with van der Waals surface area (Å²) in [7, 11) is 1.49. The average Bonchev–Trinajstić information content (AvgIpc) is 3.31. The maximum absolute atomic E-state index is 15.8. The molecule has 15 heteroatoms. The van der Waals surface area contributed by atoms with Crippen molar-refractivity contribution in [1.82, 2.24) is 20.1 Å². The molecule has 4 aliphatic rings. The van der Waals surface area contributed by atoms with E-state index in [0.717, 1.165) is 17.0 Å². The van der Waals surface area contributed by atoms with E-state index in [1.807, 2.05) is 25.7 Å². The van der Waals surface area contributed by atoms with Gasteiger partial charge in [-0.1, -0.05) is 6.07 Å². The number of halogens is 4. The summed E-state index contributed by atoms with van der Waals surface area (Å²) in [5.74, 6) is -2.47. The number of piperazine rings is 1. The van der Waals surface area contributed by atoms with Crippen LogP contribution >= 0.6 is 0 Å². The normalized spacial score (nSPS) is 25.7. The molecule has 1 spiro atoms. The number of benzene rings is 1. The Bertz CT molecular complexity index is 1670. The Morgan fingerprint density at radius 2 is 1.78 bits per heavy atom. The highest BCUT2D eigenvalue weighted by Crippen LogP contribution is 2.42. The van der Waals surface area contributed by atoms with Crippen molar-refractivity contribution in [2.24, 2.45) is 5.92 Å². The Labute approximate surface area is 289 Å². The van der Waals surface area contributed by atoms with Crippen molar-refractivity contribution in [1.29, 1.82) is 0 Å². The molecule has 1 aromatic carbocycles. The van der Waals surface area contributed by atoms with Crippen LogP contribution in [0.1, 0.15) is 52.3 Å². The molecule has 50 heavy (non-hydrogen) atoms. The van der Waals surface area contributed by atoms with Gasteiger partial charge in [0.15, 0.2) is 0 Å². The molecule has 0 bridgehead atoms. The van der Waals surface area contributed by atoms with Gasteiger partial charge in [0, 0.05) is 76.4 Å². The van der Waals surface area contributed by atoms with Crippen LogP contribution in [-0.4, -0.2) is 108 Å². The van der Waals surface area contributed by atoms with Gasteiger partial charge in [-0.2, -0.15) is 13.2 Å². The maximum atomic E-state index is 15.8. The molecule has 4 atom stereocenters. The van der Waals surface area contributed by atoms with Crippen LogP contribution < -0.4 is 20.0 Å². The monoisotopic (exact) mass is 703 g/mol. The van der Waals surface area contributed by atoms with Crippen LogP contribution in [0.4, 0.5) is 39.5 Å². The minimum Gasteiger partial charge on any atom is -0.444 e. The summed E-state index contributed by atoms with van der Waals surface area (Å²) < 4.78 is 62.7. The van der Waals surface area contributed by atoms with E-state index in [2.05, 4.69) is 29.0 Å². The maximum Gasteiger partial charge on any atom is 0.416 e. The molecular weight excluding hydrogens is 658 g/mol. The molecule has 3 fully saturated rings. The van der Waals surface area contributed by atoms with Crippen LogP contribution in [0.5, 0.6) is 0 Å². The standard InChI is InChI=1S/C35H45F4N7O4/c1-20-13-24(35(37,38)39)15-27(40-20)46-28(47)14-23-17-44(30-25(36)9-8-10-26(30)42(7)31(48)29(23)46)12-11-43-16-21(2)41-34(22(43)3)18-45(19-34)32(49)50-33(4,5)6/h8-10,13,15,21-23,29,41H,11-12,14,16-19H2,1-7H3/t21-,22?,23-,29+/m1/s1. The number of likely N-dealkylation sites (tertiary alicyclic amines) is 1. The number of amides is 3. The van der Waals surface area contributed by atoms with E-state index in [1.54, 1.807) is 11.0 Å². The number of carbonyl (C=O) groups is 3. The number of anilines is 3. The fourth-order valence-electron chi connectivity index (χ4n) is 7.96. The number of likely N-dealkylation sites (N-methyl/N-ethyl adjacent to an activating group) is 1. The molecule has 0 radical (unpaired) electrons. The minimum absolute atomic E-state index is 0.00278. The number of pyridine rings is 1. The van der Waals surface area contributed by atoms with Crippen LogP contribution in [0.2, 0.25) is 0 Å². The molecule has 1 aromatic heterocycles. The zero-order chi connectivity index (χ0) is 36.5. The lowest BCUT2D eigenvalue weighted by Gasteiger charge is -2.60. The van der Waals surface area contributed by atoms with Gasteiger partial charge < -0.3 is 24.8 Å². The lowest BCUT2D eigenvalue weighted by Crippen LogP contribution is -2.82. The highest BCUT2D eigenvalue weighted by molar-refractivity contribution is 6.10. The largest absolute Gasteiger partial charge is 0.444 e. The second kappa shape index (κ2) is 12.7. The van der Waals surface area contributed by atoms with E-state index in [1.165, 1.54) is 31.0 Å². The molecule has 5 heterocycles. The Balaban J connectivity index is 1.27. The SMILES string of the molecule is Cc1cc(C(F)(F)F)cc(N2C(=O)C[C@@H]3CN(CCN4C[C@@H](C)NC5(CN(C(=O)OC(C)(C)C)C5)C4C)c4c(F)cccc4N(C)C(=O)[C@H]32)n1. The van der Waals surface area contributed by atoms with Gasteiger partial charge in [-0.3, -0.25) is 19.4 Å². The molecule has 1 N–H and O–H groups in total. The fraction of sp³-hybridized carbons (Fsp3) is 0.600. The van der Waals surface area contributed by atoms with Crippen molar-refractivity contribution in [3.63, 3.8) is 0 Å². The summed E-state index contributed by atoms with van der Waals surface area (Å²) in [6.07, 6.45) is -5.16. The number of para-hydroxylation sites is 1. The Morgan fingerprint density at radius 3 is 2.44 bits per heavy atom. The third-order valence-electron chi connectivity index (χ3n) is 10.3. The molecule has 0 aliphatic carbocycles. The van der Waals surface area contributed by atoms with Crippen LogP contribution in [0.3, 0.4) is 0 Å². The predicted octanol–water partition coefficient (Wildman–Crippen LogP) is 4.42. The van der Waals surface area contributed by atoms with E-state index >= 15 is 4.39 Å². The number of aryl methyl sites for hydroxylation is 1. The van der Waals surface area contributed by atoms with Crippen LogP contribution in [0.15, 0.2) is 30.3 Å².